The van der Waals surface area contributed by atoms with Gasteiger partial charge in [0.05, 0.1) is 11.7 Å². The van der Waals surface area contributed by atoms with Crippen LogP contribution in [0, 0.1) is 0 Å². The van der Waals surface area contributed by atoms with Crippen molar-refractivity contribution in [2.24, 2.45) is 5.84 Å². The van der Waals surface area contributed by atoms with Crippen LogP contribution < -0.4 is 11.3 Å². The lowest BCUT2D eigenvalue weighted by atomic mass is 9.99. The molecule has 2 aromatic heterocycles. The monoisotopic (exact) mass is 328 g/mol. The normalized spacial score (nSPS) is 12.5. The number of hydrogen-bond acceptors (Lipinski definition) is 4. The number of nitrogens with zero attached hydrogens (tertiary/aromatic N) is 2. The van der Waals surface area contributed by atoms with E-state index < -0.39 is 0 Å². The predicted molar refractivity (Wildman–Crippen MR) is 82.8 cm³/mol. The molecule has 100 valence electrons. The van der Waals surface area contributed by atoms with Crippen molar-refractivity contribution >= 4 is 26.7 Å². The number of nitrogens with one attached hydrogen (secondary N) is 1. The van der Waals surface area contributed by atoms with Gasteiger partial charge in [-0.2, -0.15) is 0 Å². The van der Waals surface area contributed by atoms with Crippen LogP contribution in [-0.2, 0) is 0 Å². The van der Waals surface area contributed by atoms with Crippen molar-refractivity contribution in [1.29, 1.82) is 0 Å². The summed E-state index contributed by atoms with van der Waals surface area (Å²) >= 11 is 3.52. The molecule has 0 aliphatic heterocycles. The maximum absolute atomic E-state index is 5.76. The van der Waals surface area contributed by atoms with Crippen molar-refractivity contribution in [1.82, 2.24) is 15.4 Å². The molecule has 0 bridgehead atoms. The fourth-order valence-electron chi connectivity index (χ4n) is 2.30. The van der Waals surface area contributed by atoms with E-state index in [9.17, 15) is 0 Å². The smallest absolute Gasteiger partial charge is 0.0913 e. The van der Waals surface area contributed by atoms with Gasteiger partial charge in [0.1, 0.15) is 0 Å². The van der Waals surface area contributed by atoms with Gasteiger partial charge in [0.15, 0.2) is 0 Å². The van der Waals surface area contributed by atoms with Gasteiger partial charge in [-0.3, -0.25) is 15.8 Å². The summed E-state index contributed by atoms with van der Waals surface area (Å²) < 4.78 is 0.913. The number of halogens is 1. The van der Waals surface area contributed by atoms with E-state index in [0.29, 0.717) is 0 Å². The lowest BCUT2D eigenvalue weighted by molar-refractivity contribution is 0.620. The van der Waals surface area contributed by atoms with Crippen LogP contribution in [0.1, 0.15) is 17.3 Å². The van der Waals surface area contributed by atoms with Gasteiger partial charge in [-0.15, -0.1) is 0 Å². The van der Waals surface area contributed by atoms with Crippen molar-refractivity contribution in [3.8, 4) is 0 Å². The van der Waals surface area contributed by atoms with Gasteiger partial charge in [-0.25, -0.2) is 5.43 Å². The Labute approximate surface area is 125 Å². The molecule has 0 amide bonds. The van der Waals surface area contributed by atoms with Crippen LogP contribution in [-0.4, -0.2) is 9.97 Å². The van der Waals surface area contributed by atoms with E-state index in [1.54, 1.807) is 6.20 Å². The highest BCUT2D eigenvalue weighted by molar-refractivity contribution is 9.10. The van der Waals surface area contributed by atoms with Crippen LogP contribution in [0.2, 0.25) is 0 Å². The molecule has 2 heterocycles. The van der Waals surface area contributed by atoms with Crippen molar-refractivity contribution < 1.29 is 0 Å². The Balaban J connectivity index is 2.20. The number of hydrogen-bond donors (Lipinski definition) is 2. The van der Waals surface area contributed by atoms with E-state index in [1.807, 2.05) is 42.7 Å². The second-order valence-corrected chi connectivity index (χ2v) is 5.27. The van der Waals surface area contributed by atoms with Crippen LogP contribution in [0.5, 0.6) is 0 Å². The van der Waals surface area contributed by atoms with E-state index in [1.165, 1.54) is 0 Å². The Hall–Kier alpha value is -1.82. The van der Waals surface area contributed by atoms with Crippen LogP contribution in [0.4, 0.5) is 0 Å². The van der Waals surface area contributed by atoms with E-state index >= 15 is 0 Å². The third kappa shape index (κ3) is 2.31. The summed E-state index contributed by atoms with van der Waals surface area (Å²) in [7, 11) is 0. The molecule has 0 fully saturated rings. The summed E-state index contributed by atoms with van der Waals surface area (Å²) in [6.07, 6.45) is 5.43. The molecule has 1 atom stereocenters. The van der Waals surface area contributed by atoms with Crippen molar-refractivity contribution in [3.63, 3.8) is 0 Å². The number of rotatable bonds is 3. The number of benzene rings is 1. The molecule has 0 radical (unpaired) electrons. The van der Waals surface area contributed by atoms with Crippen LogP contribution in [0.25, 0.3) is 10.8 Å². The molecular weight excluding hydrogens is 316 g/mol. The lowest BCUT2D eigenvalue weighted by Gasteiger charge is -2.18. The average Bonchev–Trinajstić information content (AvgIpc) is 2.50. The molecule has 1 aromatic carbocycles. The summed E-state index contributed by atoms with van der Waals surface area (Å²) in [5.41, 5.74) is 4.68. The fraction of sp³-hybridized carbons (Fsp3) is 0.0667. The molecule has 0 aliphatic carbocycles. The largest absolute Gasteiger partial charge is 0.271 e. The average molecular weight is 329 g/mol. The zero-order chi connectivity index (χ0) is 13.9. The maximum atomic E-state index is 5.76. The fourth-order valence-corrected chi connectivity index (χ4v) is 2.78. The zero-order valence-electron chi connectivity index (χ0n) is 10.6. The van der Waals surface area contributed by atoms with Crippen LogP contribution in [0.15, 0.2) is 59.5 Å². The first-order valence-electron chi connectivity index (χ1n) is 6.20. The summed E-state index contributed by atoms with van der Waals surface area (Å²) in [6, 6.07) is 11.7. The lowest BCUT2D eigenvalue weighted by Crippen LogP contribution is -2.30. The second kappa shape index (κ2) is 5.66. The molecule has 0 saturated heterocycles. The highest BCUT2D eigenvalue weighted by Crippen LogP contribution is 2.30. The number of hydrazine groups is 1. The second-order valence-electron chi connectivity index (χ2n) is 4.42. The maximum Gasteiger partial charge on any atom is 0.0913 e. The molecule has 5 heteroatoms. The Morgan fingerprint density at radius 2 is 1.95 bits per heavy atom. The number of aromatic nitrogens is 2. The molecule has 3 aromatic rings. The molecule has 4 nitrogen and oxygen atoms in total. The van der Waals surface area contributed by atoms with Gasteiger partial charge in [-0.1, -0.05) is 24.3 Å². The highest BCUT2D eigenvalue weighted by Gasteiger charge is 2.19. The molecule has 0 spiro atoms. The van der Waals surface area contributed by atoms with Crippen molar-refractivity contribution in [3.05, 3.63) is 70.7 Å². The molecular formula is C15H13BrN4. The van der Waals surface area contributed by atoms with Crippen molar-refractivity contribution in [2.75, 3.05) is 0 Å². The van der Waals surface area contributed by atoms with E-state index in [-0.39, 0.29) is 6.04 Å². The summed E-state index contributed by atoms with van der Waals surface area (Å²) in [4.78, 5) is 8.71. The minimum atomic E-state index is -0.218. The molecule has 20 heavy (non-hydrogen) atoms. The Kier molecular flexibility index (Phi) is 3.73. The Morgan fingerprint density at radius 3 is 2.75 bits per heavy atom. The van der Waals surface area contributed by atoms with Gasteiger partial charge >= 0.3 is 0 Å². The quantitative estimate of drug-likeness (QED) is 0.573. The Morgan fingerprint density at radius 1 is 1.10 bits per heavy atom. The Bertz CT molecular complexity index is 739. The van der Waals surface area contributed by atoms with Crippen molar-refractivity contribution in [2.45, 2.75) is 6.04 Å². The van der Waals surface area contributed by atoms with E-state index in [4.69, 9.17) is 5.84 Å². The highest BCUT2D eigenvalue weighted by atomic mass is 79.9. The number of nitrogens with two attached hydrogens (primary N) is 1. The minimum Gasteiger partial charge on any atom is -0.271 e. The zero-order valence-corrected chi connectivity index (χ0v) is 12.2. The predicted octanol–water partition coefficient (Wildman–Crippen LogP) is 2.95. The molecule has 3 rings (SSSR count). The molecule has 3 N–H and O–H groups in total. The third-order valence-corrected chi connectivity index (χ3v) is 3.91. The van der Waals surface area contributed by atoms with Crippen LogP contribution in [0.3, 0.4) is 0 Å². The van der Waals surface area contributed by atoms with Gasteiger partial charge in [-0.05, 0) is 33.4 Å². The van der Waals surface area contributed by atoms with Gasteiger partial charge in [0.2, 0.25) is 0 Å². The minimum absolute atomic E-state index is 0.218. The topological polar surface area (TPSA) is 63.8 Å². The molecule has 0 saturated carbocycles. The van der Waals surface area contributed by atoms with Crippen LogP contribution >= 0.6 is 15.9 Å². The summed E-state index contributed by atoms with van der Waals surface area (Å²) in [6.45, 7) is 0. The van der Waals surface area contributed by atoms with Gasteiger partial charge in [0.25, 0.3) is 0 Å². The number of fused-ring (bicyclic) bond motifs is 1. The van der Waals surface area contributed by atoms with Gasteiger partial charge in [0, 0.05) is 34.0 Å². The number of pyridine rings is 2. The van der Waals surface area contributed by atoms with Gasteiger partial charge < -0.3 is 0 Å². The molecule has 0 aliphatic rings. The first-order chi connectivity index (χ1) is 9.81. The van der Waals surface area contributed by atoms with E-state index in [2.05, 4.69) is 37.4 Å². The first-order valence-corrected chi connectivity index (χ1v) is 6.99. The SMILES string of the molecule is NNC(c1ncccc1Br)c1cncc2ccccc12. The summed E-state index contributed by atoms with van der Waals surface area (Å²) in [5, 5.41) is 2.19. The molecule has 1 unspecified atom stereocenters. The summed E-state index contributed by atoms with van der Waals surface area (Å²) in [5.74, 6) is 5.76. The van der Waals surface area contributed by atoms with E-state index in [0.717, 1.165) is 26.5 Å². The third-order valence-electron chi connectivity index (χ3n) is 3.24. The first kappa shape index (κ1) is 13.2. The standard InChI is InChI=1S/C15H13BrN4/c16-13-6-3-7-19-15(13)14(20-17)12-9-18-8-10-4-1-2-5-11(10)12/h1-9,14,20H,17H2.